The molecule has 0 saturated carbocycles. The first-order valence-corrected chi connectivity index (χ1v) is 7.42. The summed E-state index contributed by atoms with van der Waals surface area (Å²) < 4.78 is 5.75. The molecule has 6 heteroatoms. The van der Waals surface area contributed by atoms with Crippen LogP contribution >= 0.6 is 28.3 Å². The Morgan fingerprint density at radius 2 is 2.10 bits per heavy atom. The first-order valence-electron chi connectivity index (χ1n) is 6.62. The predicted molar refractivity (Wildman–Crippen MR) is 91.6 cm³/mol. The zero-order valence-corrected chi connectivity index (χ0v) is 15.2. The van der Waals surface area contributed by atoms with E-state index in [0.717, 1.165) is 17.6 Å². The Morgan fingerprint density at radius 1 is 1.43 bits per heavy atom. The minimum atomic E-state index is -0.303. The lowest BCUT2D eigenvalue weighted by molar-refractivity contribution is -0.141. The number of carbonyl (C=O) groups is 1. The third kappa shape index (κ3) is 9.09. The van der Waals surface area contributed by atoms with Crippen molar-refractivity contribution in [2.24, 2.45) is 5.73 Å². The molecule has 0 heterocycles. The summed E-state index contributed by atoms with van der Waals surface area (Å²) in [6, 6.07) is 8.15. The molecule has 0 amide bonds. The van der Waals surface area contributed by atoms with Crippen LogP contribution in [0.25, 0.3) is 0 Å². The summed E-state index contributed by atoms with van der Waals surface area (Å²) in [5.74, 6) is -0.195. The summed E-state index contributed by atoms with van der Waals surface area (Å²) in [6.07, 6.45) is 0.376. The van der Waals surface area contributed by atoms with E-state index >= 15 is 0 Å². The topological polar surface area (TPSA) is 55.6 Å². The van der Waals surface area contributed by atoms with Crippen LogP contribution < -0.4 is 5.73 Å². The molecule has 0 radical (unpaired) electrons. The van der Waals surface area contributed by atoms with Gasteiger partial charge in [-0.15, -0.1) is 12.4 Å². The third-order valence-electron chi connectivity index (χ3n) is 2.79. The van der Waals surface area contributed by atoms with Gasteiger partial charge in [-0.25, -0.2) is 0 Å². The molecule has 0 aliphatic carbocycles. The molecule has 120 valence electrons. The van der Waals surface area contributed by atoms with Gasteiger partial charge in [-0.05, 0) is 31.5 Å². The second-order valence-electron chi connectivity index (χ2n) is 5.66. The van der Waals surface area contributed by atoms with Gasteiger partial charge in [-0.2, -0.15) is 0 Å². The highest BCUT2D eigenvalue weighted by atomic mass is 79.9. The average molecular weight is 380 g/mol. The molecule has 0 saturated heterocycles. The van der Waals surface area contributed by atoms with E-state index in [-0.39, 0.29) is 23.9 Å². The summed E-state index contributed by atoms with van der Waals surface area (Å²) in [6.45, 7) is 6.09. The van der Waals surface area contributed by atoms with Gasteiger partial charge in [0, 0.05) is 29.6 Å². The first kappa shape index (κ1) is 20.4. The Bertz CT molecular complexity index is 450. The number of halogens is 2. The third-order valence-corrected chi connectivity index (χ3v) is 3.28. The van der Waals surface area contributed by atoms with Crippen LogP contribution in [0.15, 0.2) is 28.7 Å². The molecule has 21 heavy (non-hydrogen) atoms. The van der Waals surface area contributed by atoms with Crippen molar-refractivity contribution < 1.29 is 9.53 Å². The van der Waals surface area contributed by atoms with E-state index in [1.165, 1.54) is 12.7 Å². The van der Waals surface area contributed by atoms with Crippen molar-refractivity contribution in [1.82, 2.24) is 4.90 Å². The van der Waals surface area contributed by atoms with Crippen LogP contribution in [0.1, 0.15) is 25.8 Å². The van der Waals surface area contributed by atoms with E-state index in [4.69, 9.17) is 10.5 Å². The predicted octanol–water partition coefficient (Wildman–Crippen LogP) is 2.97. The smallest absolute Gasteiger partial charge is 0.306 e. The van der Waals surface area contributed by atoms with Crippen molar-refractivity contribution in [2.45, 2.75) is 32.4 Å². The molecule has 1 rings (SSSR count). The Morgan fingerprint density at radius 3 is 2.62 bits per heavy atom. The number of ether oxygens (including phenoxy) is 1. The molecule has 0 aliphatic rings. The zero-order valence-electron chi connectivity index (χ0n) is 12.8. The second-order valence-corrected chi connectivity index (χ2v) is 6.57. The monoisotopic (exact) mass is 378 g/mol. The van der Waals surface area contributed by atoms with E-state index < -0.39 is 0 Å². The normalized spacial score (nSPS) is 11.1. The summed E-state index contributed by atoms with van der Waals surface area (Å²) in [4.78, 5) is 13.5. The Kier molecular flexibility index (Phi) is 9.13. The maximum absolute atomic E-state index is 11.3. The number of methoxy groups -OCH3 is 1. The fourth-order valence-electron chi connectivity index (χ4n) is 2.04. The number of hydrogen-bond donors (Lipinski definition) is 1. The van der Waals surface area contributed by atoms with Crippen LogP contribution in [-0.4, -0.2) is 36.6 Å². The summed E-state index contributed by atoms with van der Waals surface area (Å²) in [5.41, 5.74) is 6.98. The van der Waals surface area contributed by atoms with E-state index in [1.807, 2.05) is 26.0 Å². The number of esters is 1. The van der Waals surface area contributed by atoms with Crippen molar-refractivity contribution in [3.8, 4) is 0 Å². The highest BCUT2D eigenvalue weighted by molar-refractivity contribution is 9.10. The number of nitrogens with zero attached hydrogens (tertiary/aromatic N) is 1. The van der Waals surface area contributed by atoms with E-state index in [0.29, 0.717) is 13.0 Å². The number of carbonyl (C=O) groups excluding carboxylic acids is 1. The number of rotatable bonds is 7. The number of nitrogens with two attached hydrogens (primary N) is 1. The van der Waals surface area contributed by atoms with E-state index in [1.54, 1.807) is 0 Å². The largest absolute Gasteiger partial charge is 0.469 e. The molecule has 0 unspecified atom stereocenters. The molecule has 0 bridgehead atoms. The Labute approximate surface area is 141 Å². The fraction of sp³-hybridized carbons (Fsp3) is 0.533. The molecule has 1 aromatic carbocycles. The fourth-order valence-corrected chi connectivity index (χ4v) is 2.48. The van der Waals surface area contributed by atoms with Gasteiger partial charge in [-0.3, -0.25) is 9.69 Å². The van der Waals surface area contributed by atoms with Crippen LogP contribution in [-0.2, 0) is 16.1 Å². The van der Waals surface area contributed by atoms with Gasteiger partial charge in [-0.1, -0.05) is 28.1 Å². The van der Waals surface area contributed by atoms with Gasteiger partial charge in [0.25, 0.3) is 0 Å². The van der Waals surface area contributed by atoms with Crippen molar-refractivity contribution in [3.05, 3.63) is 34.3 Å². The highest BCUT2D eigenvalue weighted by Gasteiger charge is 2.18. The minimum absolute atomic E-state index is 0. The molecule has 0 aromatic heterocycles. The maximum atomic E-state index is 11.3. The van der Waals surface area contributed by atoms with Gasteiger partial charge in [0.2, 0.25) is 0 Å². The zero-order chi connectivity index (χ0) is 15.2. The quantitative estimate of drug-likeness (QED) is 0.740. The second kappa shape index (κ2) is 9.41. The van der Waals surface area contributed by atoms with Crippen molar-refractivity contribution >= 4 is 34.3 Å². The Hall–Kier alpha value is -0.620. The lowest BCUT2D eigenvalue weighted by Crippen LogP contribution is -2.45. The maximum Gasteiger partial charge on any atom is 0.306 e. The van der Waals surface area contributed by atoms with Crippen LogP contribution in [0.2, 0.25) is 0 Å². The van der Waals surface area contributed by atoms with Crippen molar-refractivity contribution in [3.63, 3.8) is 0 Å². The van der Waals surface area contributed by atoms with Gasteiger partial charge in [0.15, 0.2) is 0 Å². The number of hydrogen-bond acceptors (Lipinski definition) is 4. The highest BCUT2D eigenvalue weighted by Crippen LogP contribution is 2.15. The Balaban J connectivity index is 0.00000400. The molecular formula is C15H24BrClN2O2. The first-order chi connectivity index (χ1) is 9.30. The molecular weight excluding hydrogens is 356 g/mol. The summed E-state index contributed by atoms with van der Waals surface area (Å²) >= 11 is 3.47. The standard InChI is InChI=1S/C15H23BrN2O2.ClH/c1-15(2,17)11-18(8-7-14(19)20-3)10-12-5-4-6-13(16)9-12;/h4-6,9H,7-8,10-11,17H2,1-3H3;1H. The lowest BCUT2D eigenvalue weighted by atomic mass is 10.1. The van der Waals surface area contributed by atoms with Gasteiger partial charge in [0.1, 0.15) is 0 Å². The van der Waals surface area contributed by atoms with Crippen molar-refractivity contribution in [2.75, 3.05) is 20.2 Å². The summed E-state index contributed by atoms with van der Waals surface area (Å²) in [5, 5.41) is 0. The van der Waals surface area contributed by atoms with Gasteiger partial charge in [0.05, 0.1) is 13.5 Å². The molecule has 2 N–H and O–H groups in total. The molecule has 0 aliphatic heterocycles. The van der Waals surface area contributed by atoms with Crippen LogP contribution in [0.3, 0.4) is 0 Å². The molecule has 1 aromatic rings. The molecule has 0 fully saturated rings. The molecule has 0 spiro atoms. The SMILES string of the molecule is COC(=O)CCN(Cc1cccc(Br)c1)CC(C)(C)N.Cl. The van der Waals surface area contributed by atoms with Gasteiger partial charge < -0.3 is 10.5 Å². The van der Waals surface area contributed by atoms with Gasteiger partial charge >= 0.3 is 5.97 Å². The van der Waals surface area contributed by atoms with Crippen LogP contribution in [0.5, 0.6) is 0 Å². The van der Waals surface area contributed by atoms with Crippen LogP contribution in [0.4, 0.5) is 0 Å². The molecule has 0 atom stereocenters. The van der Waals surface area contributed by atoms with Crippen LogP contribution in [0, 0.1) is 0 Å². The number of benzene rings is 1. The summed E-state index contributed by atoms with van der Waals surface area (Å²) in [7, 11) is 1.41. The lowest BCUT2D eigenvalue weighted by Gasteiger charge is -2.29. The van der Waals surface area contributed by atoms with E-state index in [9.17, 15) is 4.79 Å². The minimum Gasteiger partial charge on any atom is -0.469 e. The average Bonchev–Trinajstić information content (AvgIpc) is 2.33. The van der Waals surface area contributed by atoms with Crippen molar-refractivity contribution in [1.29, 1.82) is 0 Å². The van der Waals surface area contributed by atoms with E-state index in [2.05, 4.69) is 33.0 Å². The molecule has 4 nitrogen and oxygen atoms in total.